The van der Waals surface area contributed by atoms with E-state index in [0.29, 0.717) is 32.2 Å². The fourth-order valence-electron chi connectivity index (χ4n) is 4.57. The molecule has 0 saturated carbocycles. The molecule has 164 valence electrons. The topological polar surface area (TPSA) is 74.8 Å². The Morgan fingerprint density at radius 2 is 0.794 bits per heavy atom. The molecule has 0 fully saturated rings. The summed E-state index contributed by atoms with van der Waals surface area (Å²) in [5, 5.41) is 1.37. The average molecular weight is 487 g/mol. The minimum Gasteiger partial charge on any atom is -0.268 e. The molecule has 4 amide bonds. The van der Waals surface area contributed by atoms with Gasteiger partial charge in [-0.25, -0.2) is 9.80 Å². The van der Waals surface area contributed by atoms with Crippen molar-refractivity contribution in [3.8, 4) is 0 Å². The number of hydrogen-bond donors (Lipinski definition) is 0. The molecule has 0 spiro atoms. The Labute approximate surface area is 202 Å². The lowest BCUT2D eigenvalue weighted by atomic mass is 9.85. The molecule has 6 rings (SSSR count). The van der Waals surface area contributed by atoms with Gasteiger partial charge in [0.25, 0.3) is 23.6 Å². The first-order valence-electron chi connectivity index (χ1n) is 10.3. The first-order valence-corrected chi connectivity index (χ1v) is 11.0. The highest BCUT2D eigenvalue weighted by Gasteiger charge is 2.40. The summed E-state index contributed by atoms with van der Waals surface area (Å²) >= 11 is 12.2. The first kappa shape index (κ1) is 20.6. The van der Waals surface area contributed by atoms with Crippen LogP contribution in [0.3, 0.4) is 0 Å². The number of anilines is 2. The second-order valence-corrected chi connectivity index (χ2v) is 8.80. The van der Waals surface area contributed by atoms with Crippen LogP contribution in [-0.4, -0.2) is 23.6 Å². The first-order chi connectivity index (χ1) is 16.4. The van der Waals surface area contributed by atoms with Crippen molar-refractivity contribution in [1.29, 1.82) is 0 Å². The van der Waals surface area contributed by atoms with Crippen molar-refractivity contribution < 1.29 is 19.2 Å². The lowest BCUT2D eigenvalue weighted by molar-refractivity contribution is 0.0873. The van der Waals surface area contributed by atoms with Gasteiger partial charge < -0.3 is 0 Å². The molecule has 0 atom stereocenters. The van der Waals surface area contributed by atoms with Gasteiger partial charge in [-0.2, -0.15) is 0 Å². The van der Waals surface area contributed by atoms with E-state index in [1.807, 2.05) is 0 Å². The van der Waals surface area contributed by atoms with Crippen LogP contribution in [0.25, 0.3) is 10.8 Å². The van der Waals surface area contributed by atoms with Crippen molar-refractivity contribution in [3.05, 3.63) is 105 Å². The summed E-state index contributed by atoms with van der Waals surface area (Å²) in [4.78, 5) is 55.7. The van der Waals surface area contributed by atoms with Crippen LogP contribution in [0.15, 0.2) is 72.8 Å². The highest BCUT2D eigenvalue weighted by molar-refractivity contribution is 6.42. The predicted octanol–water partition coefficient (Wildman–Crippen LogP) is 5.75. The van der Waals surface area contributed by atoms with Crippen LogP contribution in [0.1, 0.15) is 41.4 Å². The number of benzene rings is 4. The van der Waals surface area contributed by atoms with Crippen LogP contribution in [0.4, 0.5) is 11.4 Å². The number of halogens is 2. The lowest BCUT2D eigenvalue weighted by Gasteiger charge is -2.32. The van der Waals surface area contributed by atoms with Gasteiger partial charge in [-0.15, -0.1) is 0 Å². The monoisotopic (exact) mass is 486 g/mol. The Morgan fingerprint density at radius 3 is 1.09 bits per heavy atom. The molecule has 2 heterocycles. The molecule has 0 aromatic heterocycles. The van der Waals surface area contributed by atoms with E-state index in [9.17, 15) is 19.2 Å². The largest absolute Gasteiger partial charge is 0.268 e. The van der Waals surface area contributed by atoms with E-state index in [0.717, 1.165) is 9.80 Å². The Bertz CT molecular complexity index is 1440. The summed E-state index contributed by atoms with van der Waals surface area (Å²) in [5.74, 6) is -2.22. The van der Waals surface area contributed by atoms with E-state index < -0.39 is 23.6 Å². The maximum Gasteiger partial charge on any atom is 0.265 e. The van der Waals surface area contributed by atoms with Gasteiger partial charge in [0.1, 0.15) is 0 Å². The quantitative estimate of drug-likeness (QED) is 0.338. The van der Waals surface area contributed by atoms with Gasteiger partial charge in [0, 0.05) is 43.1 Å². The van der Waals surface area contributed by atoms with E-state index in [-0.39, 0.29) is 22.3 Å². The minimum absolute atomic E-state index is 0.229. The molecule has 8 heteroatoms. The van der Waals surface area contributed by atoms with E-state index in [2.05, 4.69) is 0 Å². The number of rotatable bonds is 2. The van der Waals surface area contributed by atoms with Crippen LogP contribution in [0.5, 0.6) is 0 Å². The van der Waals surface area contributed by atoms with Crippen LogP contribution in [-0.2, 0) is 0 Å². The zero-order chi connectivity index (χ0) is 23.7. The fourth-order valence-corrected chi connectivity index (χ4v) is 4.94. The molecule has 4 aromatic carbocycles. The molecule has 2 aliphatic heterocycles. The zero-order valence-electron chi connectivity index (χ0n) is 17.2. The van der Waals surface area contributed by atoms with Gasteiger partial charge >= 0.3 is 0 Å². The van der Waals surface area contributed by atoms with Crippen LogP contribution >= 0.6 is 23.2 Å². The molecule has 0 N–H and O–H groups in total. The fraction of sp³-hybridized carbons (Fsp3) is 0. The smallest absolute Gasteiger partial charge is 0.265 e. The number of nitrogens with zero attached hydrogens (tertiary/aromatic N) is 2. The Kier molecular flexibility index (Phi) is 4.39. The lowest BCUT2D eigenvalue weighted by Crippen LogP contribution is -2.43. The molecule has 34 heavy (non-hydrogen) atoms. The third kappa shape index (κ3) is 2.76. The molecular weight excluding hydrogens is 475 g/mol. The van der Waals surface area contributed by atoms with E-state index in [4.69, 9.17) is 23.2 Å². The SMILES string of the molecule is O=C1c2ccc3c4c(ccc(c24)C(=O)N1c1cccc(Cl)c1)C(=O)N(c1cccc(Cl)c1)C3=O. The number of carbonyl (C=O) groups is 4. The van der Waals surface area contributed by atoms with Crippen molar-refractivity contribution >= 4 is 69.0 Å². The molecule has 4 aromatic rings. The molecular formula is C26H12Cl2N2O4. The molecule has 0 aliphatic carbocycles. The molecule has 0 saturated heterocycles. The van der Waals surface area contributed by atoms with Crippen LogP contribution < -0.4 is 9.80 Å². The van der Waals surface area contributed by atoms with Crippen molar-refractivity contribution in [2.45, 2.75) is 0 Å². The van der Waals surface area contributed by atoms with Crippen molar-refractivity contribution in [2.75, 3.05) is 9.80 Å². The summed E-state index contributed by atoms with van der Waals surface area (Å²) in [6, 6.07) is 18.9. The Morgan fingerprint density at radius 1 is 0.471 bits per heavy atom. The van der Waals surface area contributed by atoms with Gasteiger partial charge in [0.05, 0.1) is 11.4 Å². The zero-order valence-corrected chi connectivity index (χ0v) is 18.7. The van der Waals surface area contributed by atoms with E-state index >= 15 is 0 Å². The maximum atomic E-state index is 13.4. The molecule has 2 aliphatic rings. The average Bonchev–Trinajstić information content (AvgIpc) is 2.81. The van der Waals surface area contributed by atoms with Crippen molar-refractivity contribution in [1.82, 2.24) is 0 Å². The van der Waals surface area contributed by atoms with Crippen molar-refractivity contribution in [2.24, 2.45) is 0 Å². The summed E-state index contributed by atoms with van der Waals surface area (Å²) in [6.07, 6.45) is 0. The predicted molar refractivity (Wildman–Crippen MR) is 129 cm³/mol. The molecule has 0 unspecified atom stereocenters. The van der Waals surface area contributed by atoms with Gasteiger partial charge in [0.15, 0.2) is 0 Å². The second kappa shape index (κ2) is 7.25. The van der Waals surface area contributed by atoms with Crippen LogP contribution in [0.2, 0.25) is 10.0 Å². The summed E-state index contributed by atoms with van der Waals surface area (Å²) in [7, 11) is 0. The second-order valence-electron chi connectivity index (χ2n) is 7.92. The Hall–Kier alpha value is -4.00. The molecule has 6 nitrogen and oxygen atoms in total. The Balaban J connectivity index is 1.57. The van der Waals surface area contributed by atoms with Crippen molar-refractivity contribution in [3.63, 3.8) is 0 Å². The molecule has 0 radical (unpaired) electrons. The van der Waals surface area contributed by atoms with Crippen LogP contribution in [0, 0.1) is 0 Å². The van der Waals surface area contributed by atoms with Gasteiger partial charge in [-0.05, 0) is 60.7 Å². The summed E-state index contributed by atoms with van der Waals surface area (Å²) < 4.78 is 0. The minimum atomic E-state index is -0.555. The van der Waals surface area contributed by atoms with E-state index in [1.54, 1.807) is 36.4 Å². The summed E-state index contributed by atoms with van der Waals surface area (Å²) in [5.41, 5.74) is 1.58. The van der Waals surface area contributed by atoms with Gasteiger partial charge in [-0.3, -0.25) is 19.2 Å². The number of carbonyl (C=O) groups excluding carboxylic acids is 4. The molecule has 0 bridgehead atoms. The number of amides is 4. The standard InChI is InChI=1S/C26H12Cl2N2O4/c27-13-3-1-5-15(11-13)29-23(31)17-7-9-19-22-20(10-8-18(21(17)22)24(29)32)26(34)30(25(19)33)16-6-2-4-14(28)12-16/h1-12H. The third-order valence-corrected chi connectivity index (χ3v) is 6.50. The normalized spacial score (nSPS) is 14.9. The van der Waals surface area contributed by atoms with Gasteiger partial charge in [-0.1, -0.05) is 35.3 Å². The summed E-state index contributed by atoms with van der Waals surface area (Å²) in [6.45, 7) is 0. The number of imide groups is 2. The number of hydrogen-bond acceptors (Lipinski definition) is 4. The van der Waals surface area contributed by atoms with Gasteiger partial charge in [0.2, 0.25) is 0 Å². The maximum absolute atomic E-state index is 13.4. The van der Waals surface area contributed by atoms with E-state index in [1.165, 1.54) is 36.4 Å². The highest BCUT2D eigenvalue weighted by atomic mass is 35.5. The third-order valence-electron chi connectivity index (χ3n) is 6.03. The highest BCUT2D eigenvalue weighted by Crippen LogP contribution is 2.40.